The number of rotatable bonds is 10. The van der Waals surface area contributed by atoms with Crippen molar-refractivity contribution in [2.75, 3.05) is 34.0 Å². The van der Waals surface area contributed by atoms with Crippen molar-refractivity contribution >= 4 is 47.1 Å². The molecular weight excluding hydrogens is 786 g/mol. The van der Waals surface area contributed by atoms with E-state index in [1.807, 2.05) is 72.8 Å². The summed E-state index contributed by atoms with van der Waals surface area (Å²) in [6.45, 7) is 15.8. The van der Waals surface area contributed by atoms with Crippen molar-refractivity contribution in [3.63, 3.8) is 0 Å². The summed E-state index contributed by atoms with van der Waals surface area (Å²) in [6, 6.07) is 31.1. The summed E-state index contributed by atoms with van der Waals surface area (Å²) in [5.41, 5.74) is 6.13. The fraction of sp³-hybridized carbons (Fsp3) is 0.381. The molecule has 0 unspecified atom stereocenters. The molecule has 1 aliphatic heterocycles. The van der Waals surface area contributed by atoms with E-state index in [1.54, 1.807) is 59.3 Å². The number of hydrogen-bond acceptors (Lipinski definition) is 9. The molecule has 0 atom stereocenters. The molecule has 4 aromatic rings. The van der Waals surface area contributed by atoms with Gasteiger partial charge in [0.1, 0.15) is 0 Å². The van der Waals surface area contributed by atoms with Crippen LogP contribution in [0.3, 0.4) is 0 Å². The molecule has 0 aromatic heterocycles. The fourth-order valence-electron chi connectivity index (χ4n) is 4.69. The normalized spacial score (nSPS) is 13.6. The summed E-state index contributed by atoms with van der Waals surface area (Å²) in [4.78, 5) is 22.7. The Morgan fingerprint density at radius 3 is 1.32 bits per heavy atom. The zero-order valence-corrected chi connectivity index (χ0v) is 34.6. The first kappa shape index (κ1) is 45.6. The lowest BCUT2D eigenvalue weighted by Crippen LogP contribution is -2.41. The Hall–Kier alpha value is -3.59. The van der Waals surface area contributed by atoms with Crippen molar-refractivity contribution in [2.24, 2.45) is 0 Å². The van der Waals surface area contributed by atoms with E-state index in [0.717, 1.165) is 31.3 Å². The topological polar surface area (TPSA) is 110 Å². The van der Waals surface area contributed by atoms with E-state index < -0.39 is 0 Å². The second-order valence-electron chi connectivity index (χ2n) is 12.7. The highest BCUT2D eigenvalue weighted by Gasteiger charge is 2.51. The van der Waals surface area contributed by atoms with Crippen molar-refractivity contribution < 1.29 is 43.0 Å². The van der Waals surface area contributed by atoms with E-state index >= 15 is 0 Å². The first-order valence-electron chi connectivity index (χ1n) is 17.6. The Morgan fingerprint density at radius 1 is 0.623 bits per heavy atom. The molecule has 53 heavy (non-hydrogen) atoms. The molecule has 5 rings (SSSR count). The minimum absolute atomic E-state index is 0.250. The summed E-state index contributed by atoms with van der Waals surface area (Å²) in [6.07, 6.45) is 0. The number of aliphatic hydroxyl groups is 1. The van der Waals surface area contributed by atoms with Gasteiger partial charge in [-0.3, -0.25) is 0 Å². The summed E-state index contributed by atoms with van der Waals surface area (Å²) < 4.78 is 33.1. The van der Waals surface area contributed by atoms with Crippen LogP contribution in [0.25, 0.3) is 11.1 Å². The minimum Gasteiger partial charge on any atom is -0.462 e. The third kappa shape index (κ3) is 15.0. The van der Waals surface area contributed by atoms with E-state index in [0.29, 0.717) is 37.6 Å². The van der Waals surface area contributed by atoms with Crippen LogP contribution in [0.1, 0.15) is 80.3 Å². The molecule has 1 aliphatic rings. The van der Waals surface area contributed by atoms with Gasteiger partial charge in [0.2, 0.25) is 0 Å². The quantitative estimate of drug-likeness (QED) is 0.0959. The predicted octanol–water partition coefficient (Wildman–Crippen LogP) is 8.28. The van der Waals surface area contributed by atoms with Crippen LogP contribution < -0.4 is 5.46 Å². The summed E-state index contributed by atoms with van der Waals surface area (Å²) in [5.74, 6) is -0.539. The Morgan fingerprint density at radius 2 is 0.962 bits per heavy atom. The Balaban J connectivity index is 0.000000272. The number of esters is 2. The molecule has 0 spiro atoms. The van der Waals surface area contributed by atoms with E-state index in [4.69, 9.17) is 33.4 Å². The van der Waals surface area contributed by atoms with Gasteiger partial charge in [0.05, 0.1) is 48.8 Å². The third-order valence-corrected chi connectivity index (χ3v) is 8.88. The maximum Gasteiger partial charge on any atom is 0.494 e. The van der Waals surface area contributed by atoms with Crippen LogP contribution in [-0.2, 0) is 41.5 Å². The summed E-state index contributed by atoms with van der Waals surface area (Å²) >= 11 is 2.19. The van der Waals surface area contributed by atoms with Crippen LogP contribution in [0, 0.1) is 3.57 Å². The standard InChI is InChI=1S/C17H18O3.C14H21BO3.C9H9IO2.C2H6O/c1-3-20-17(18)16-10-8-15(9-11-16)14-6-4-13(5-7-14)12-19-2;1-13(2)14(3,4)18-15(17-13)12-8-6-11(7-9-12)10-16-5;1-2-12-9(11)7-3-5-8(10)6-4-7;1-2-3/h4-11H,3,12H2,1-2H3;6-9H,10H2,1-5H3;3-6H,2H2,1H3;3H,2H2,1H3. The van der Waals surface area contributed by atoms with Crippen LogP contribution in [-0.4, -0.2) is 69.4 Å². The number of methoxy groups -OCH3 is 2. The molecule has 1 fully saturated rings. The highest BCUT2D eigenvalue weighted by Crippen LogP contribution is 2.36. The van der Waals surface area contributed by atoms with E-state index in [1.165, 1.54) is 0 Å². The molecule has 11 heteroatoms. The second kappa shape index (κ2) is 23.3. The van der Waals surface area contributed by atoms with Crippen molar-refractivity contribution in [1.82, 2.24) is 0 Å². The number of ether oxygens (including phenoxy) is 4. The average molecular weight is 841 g/mol. The molecule has 0 radical (unpaired) electrons. The molecule has 0 bridgehead atoms. The molecule has 0 amide bonds. The minimum atomic E-state index is -0.289. The lowest BCUT2D eigenvalue weighted by atomic mass is 9.79. The van der Waals surface area contributed by atoms with Crippen LogP contribution in [0.2, 0.25) is 0 Å². The number of carbonyl (C=O) groups is 2. The van der Waals surface area contributed by atoms with Crippen LogP contribution in [0.4, 0.5) is 0 Å². The Labute approximate surface area is 329 Å². The van der Waals surface area contributed by atoms with Crippen LogP contribution in [0.5, 0.6) is 0 Å². The monoisotopic (exact) mass is 840 g/mol. The van der Waals surface area contributed by atoms with E-state index in [9.17, 15) is 9.59 Å². The van der Waals surface area contributed by atoms with Crippen molar-refractivity contribution in [1.29, 1.82) is 0 Å². The maximum atomic E-state index is 11.6. The number of benzene rings is 4. The first-order chi connectivity index (χ1) is 25.2. The van der Waals surface area contributed by atoms with E-state index in [2.05, 4.69) is 50.3 Å². The van der Waals surface area contributed by atoms with Gasteiger partial charge in [0.15, 0.2) is 0 Å². The molecule has 9 nitrogen and oxygen atoms in total. The highest BCUT2D eigenvalue weighted by molar-refractivity contribution is 14.1. The molecule has 1 N–H and O–H groups in total. The van der Waals surface area contributed by atoms with Gasteiger partial charge in [0.25, 0.3) is 0 Å². The number of aliphatic hydroxyl groups excluding tert-OH is 1. The second-order valence-corrected chi connectivity index (χ2v) is 14.0. The van der Waals surface area contributed by atoms with Crippen LogP contribution >= 0.6 is 22.6 Å². The zero-order valence-electron chi connectivity index (χ0n) is 32.4. The lowest BCUT2D eigenvalue weighted by molar-refractivity contribution is 0.00578. The van der Waals surface area contributed by atoms with E-state index in [-0.39, 0.29) is 36.9 Å². The third-order valence-electron chi connectivity index (χ3n) is 8.17. The van der Waals surface area contributed by atoms with Gasteiger partial charge in [0, 0.05) is 24.4 Å². The molecule has 1 heterocycles. The van der Waals surface area contributed by atoms with Gasteiger partial charge < -0.3 is 33.4 Å². The summed E-state index contributed by atoms with van der Waals surface area (Å²) in [7, 11) is 3.09. The van der Waals surface area contributed by atoms with Gasteiger partial charge in [-0.25, -0.2) is 9.59 Å². The number of hydrogen-bond donors (Lipinski definition) is 1. The van der Waals surface area contributed by atoms with Gasteiger partial charge in [-0.2, -0.15) is 0 Å². The smallest absolute Gasteiger partial charge is 0.462 e. The van der Waals surface area contributed by atoms with Crippen molar-refractivity contribution in [2.45, 2.75) is 72.9 Å². The van der Waals surface area contributed by atoms with Crippen molar-refractivity contribution in [3.05, 3.63) is 123 Å². The largest absolute Gasteiger partial charge is 0.494 e. The molecule has 1 saturated heterocycles. The lowest BCUT2D eigenvalue weighted by Gasteiger charge is -2.32. The van der Waals surface area contributed by atoms with Crippen LogP contribution in [0.15, 0.2) is 97.1 Å². The average Bonchev–Trinajstić information content (AvgIpc) is 3.36. The maximum absolute atomic E-state index is 11.6. The first-order valence-corrected chi connectivity index (χ1v) is 18.7. The van der Waals surface area contributed by atoms with Gasteiger partial charge in [-0.15, -0.1) is 0 Å². The predicted molar refractivity (Wildman–Crippen MR) is 219 cm³/mol. The molecule has 286 valence electrons. The van der Waals surface area contributed by atoms with Gasteiger partial charge in [-0.05, 0) is 135 Å². The molecule has 0 aliphatic carbocycles. The summed E-state index contributed by atoms with van der Waals surface area (Å²) in [5, 5.41) is 7.57. The molecule has 0 saturated carbocycles. The molecule has 4 aromatic carbocycles. The number of halogens is 1. The molecular formula is C42H54BIO9. The fourth-order valence-corrected chi connectivity index (χ4v) is 5.05. The Kier molecular flexibility index (Phi) is 20.0. The van der Waals surface area contributed by atoms with Gasteiger partial charge >= 0.3 is 19.1 Å². The Bertz CT molecular complexity index is 1620. The highest BCUT2D eigenvalue weighted by atomic mass is 127. The van der Waals surface area contributed by atoms with Crippen molar-refractivity contribution in [3.8, 4) is 11.1 Å². The van der Waals surface area contributed by atoms with Gasteiger partial charge in [-0.1, -0.05) is 60.7 Å². The zero-order chi connectivity index (χ0) is 39.4. The number of carbonyl (C=O) groups excluding carboxylic acids is 2. The SMILES string of the molecule is CCO.CCOC(=O)c1ccc(-c2ccc(COC)cc2)cc1.CCOC(=O)c1ccc(I)cc1.COCc1ccc(B2OC(C)(C)C(C)(C)O2)cc1.